The second kappa shape index (κ2) is 6.15. The van der Waals surface area contributed by atoms with Gasteiger partial charge in [-0.05, 0) is 19.4 Å². The van der Waals surface area contributed by atoms with E-state index in [1.807, 2.05) is 30.3 Å². The monoisotopic (exact) mass is 306 g/mol. The minimum Gasteiger partial charge on any atom is -0.479 e. The van der Waals surface area contributed by atoms with Crippen molar-refractivity contribution in [2.45, 2.75) is 31.9 Å². The number of hydrogen-bond acceptors (Lipinski definition) is 4. The molecule has 118 valence electrons. The van der Waals surface area contributed by atoms with E-state index in [9.17, 15) is 14.4 Å². The van der Waals surface area contributed by atoms with E-state index in [1.54, 1.807) is 0 Å². The highest BCUT2D eigenvalue weighted by atomic mass is 16.7. The summed E-state index contributed by atoms with van der Waals surface area (Å²) in [6.07, 6.45) is 0.187. The highest BCUT2D eigenvalue weighted by Crippen LogP contribution is 2.19. The van der Waals surface area contributed by atoms with Gasteiger partial charge in [0.1, 0.15) is 6.04 Å². The van der Waals surface area contributed by atoms with E-state index in [1.165, 1.54) is 13.8 Å². The molecule has 0 aliphatic carbocycles. The Morgan fingerprint density at radius 3 is 2.55 bits per heavy atom. The van der Waals surface area contributed by atoms with Gasteiger partial charge in [-0.15, -0.1) is 0 Å². The first-order valence-corrected chi connectivity index (χ1v) is 6.87. The number of carbonyl (C=O) groups excluding carboxylic acids is 2. The fraction of sp³-hybridized carbons (Fsp3) is 0.400. The molecule has 0 radical (unpaired) electrons. The molecule has 7 heteroatoms. The van der Waals surface area contributed by atoms with Crippen LogP contribution in [0.5, 0.6) is 0 Å². The molecule has 1 atom stereocenters. The number of hydrogen-bond donors (Lipinski definition) is 2. The van der Waals surface area contributed by atoms with Gasteiger partial charge in [0, 0.05) is 0 Å². The lowest BCUT2D eigenvalue weighted by atomic mass is 10.1. The van der Waals surface area contributed by atoms with E-state index in [0.717, 1.165) is 10.6 Å². The molecule has 0 aromatic heterocycles. The summed E-state index contributed by atoms with van der Waals surface area (Å²) >= 11 is 0. The Hall–Kier alpha value is -2.41. The molecule has 0 spiro atoms. The van der Waals surface area contributed by atoms with Crippen LogP contribution in [0.2, 0.25) is 0 Å². The summed E-state index contributed by atoms with van der Waals surface area (Å²) in [5, 5.41) is 12.5. The number of nitrogens with zero attached hydrogens (tertiary/aromatic N) is 1. The summed E-state index contributed by atoms with van der Waals surface area (Å²) in [6.45, 7) is 2.84. The van der Waals surface area contributed by atoms with Crippen molar-refractivity contribution in [1.29, 1.82) is 0 Å². The fourth-order valence-corrected chi connectivity index (χ4v) is 1.93. The van der Waals surface area contributed by atoms with Gasteiger partial charge < -0.3 is 10.4 Å². The van der Waals surface area contributed by atoms with Crippen molar-refractivity contribution >= 4 is 17.8 Å². The summed E-state index contributed by atoms with van der Waals surface area (Å²) in [5.41, 5.74) is -0.638. The van der Waals surface area contributed by atoms with Crippen LogP contribution in [0.15, 0.2) is 30.3 Å². The first kappa shape index (κ1) is 16.0. The predicted molar refractivity (Wildman–Crippen MR) is 76.6 cm³/mol. The molecule has 1 aromatic rings. The zero-order valence-corrected chi connectivity index (χ0v) is 12.4. The largest absolute Gasteiger partial charge is 0.479 e. The van der Waals surface area contributed by atoms with Crippen LogP contribution >= 0.6 is 0 Å². The summed E-state index contributed by atoms with van der Waals surface area (Å²) in [6, 6.07) is 8.51. The third-order valence-electron chi connectivity index (χ3n) is 3.29. The van der Waals surface area contributed by atoms with Crippen LogP contribution in [0, 0.1) is 0 Å². The average Bonchev–Trinajstić information content (AvgIpc) is 2.46. The van der Waals surface area contributed by atoms with E-state index < -0.39 is 23.5 Å². The Balaban J connectivity index is 1.81. The molecule has 1 aliphatic heterocycles. The summed E-state index contributed by atoms with van der Waals surface area (Å²) in [4.78, 5) is 39.7. The minimum atomic E-state index is -1.49. The molecule has 22 heavy (non-hydrogen) atoms. The van der Waals surface area contributed by atoms with Gasteiger partial charge in [0.15, 0.2) is 5.60 Å². The van der Waals surface area contributed by atoms with Crippen LogP contribution in [0.4, 0.5) is 0 Å². The number of β-lactam (4-membered cyclic amide) rings is 1. The van der Waals surface area contributed by atoms with E-state index >= 15 is 0 Å². The van der Waals surface area contributed by atoms with Crippen molar-refractivity contribution < 1.29 is 24.3 Å². The third-order valence-corrected chi connectivity index (χ3v) is 3.29. The number of aliphatic carboxylic acids is 1. The molecular formula is C15H18N2O5. The number of carboxylic acids is 1. The average molecular weight is 306 g/mol. The van der Waals surface area contributed by atoms with E-state index in [4.69, 9.17) is 9.94 Å². The molecule has 2 rings (SSSR count). The van der Waals surface area contributed by atoms with Crippen molar-refractivity contribution in [2.24, 2.45) is 0 Å². The van der Waals surface area contributed by atoms with E-state index in [0.29, 0.717) is 0 Å². The highest BCUT2D eigenvalue weighted by molar-refractivity contribution is 5.92. The van der Waals surface area contributed by atoms with Crippen molar-refractivity contribution in [3.05, 3.63) is 35.9 Å². The molecule has 0 saturated carbocycles. The van der Waals surface area contributed by atoms with Crippen LogP contribution in [0.3, 0.4) is 0 Å². The number of amides is 2. The summed E-state index contributed by atoms with van der Waals surface area (Å²) < 4.78 is 0. The van der Waals surface area contributed by atoms with Crippen LogP contribution in [-0.4, -0.2) is 46.1 Å². The first-order valence-electron chi connectivity index (χ1n) is 6.87. The van der Waals surface area contributed by atoms with Gasteiger partial charge in [-0.1, -0.05) is 30.3 Å². The molecule has 2 N–H and O–H groups in total. The molecule has 7 nitrogen and oxygen atoms in total. The standard InChI is InChI=1S/C15H18N2O5/c1-15(2,14(20)21)22-17-9-11(13(17)19)16-12(18)8-10-6-4-3-5-7-10/h3-7,11H,8-9H2,1-2H3,(H,16,18)(H,20,21)/t11-/m0/s1. The summed E-state index contributed by atoms with van der Waals surface area (Å²) in [5.74, 6) is -1.88. The van der Waals surface area contributed by atoms with Gasteiger partial charge in [-0.2, -0.15) is 0 Å². The second-order valence-corrected chi connectivity index (χ2v) is 5.59. The molecule has 0 unspecified atom stereocenters. The van der Waals surface area contributed by atoms with Crippen LogP contribution in [0.1, 0.15) is 19.4 Å². The molecule has 0 bridgehead atoms. The minimum absolute atomic E-state index is 0.135. The Bertz CT molecular complexity index is 585. The molecule has 1 fully saturated rings. The van der Waals surface area contributed by atoms with Gasteiger partial charge in [0.25, 0.3) is 5.91 Å². The Morgan fingerprint density at radius 1 is 1.36 bits per heavy atom. The van der Waals surface area contributed by atoms with Gasteiger partial charge in [0.2, 0.25) is 5.91 Å². The lowest BCUT2D eigenvalue weighted by Crippen LogP contribution is -2.65. The quantitative estimate of drug-likeness (QED) is 0.739. The van der Waals surface area contributed by atoms with Crippen molar-refractivity contribution in [3.8, 4) is 0 Å². The SMILES string of the molecule is CC(C)(ON1C[C@H](NC(=O)Cc2ccccc2)C1=O)C(=O)O. The number of carboxylic acid groups (broad SMARTS) is 1. The maximum absolute atomic E-state index is 11.8. The first-order chi connectivity index (χ1) is 10.3. The Morgan fingerprint density at radius 2 is 2.00 bits per heavy atom. The maximum Gasteiger partial charge on any atom is 0.338 e. The number of carbonyl (C=O) groups is 3. The Kier molecular flexibility index (Phi) is 4.46. The van der Waals surface area contributed by atoms with E-state index in [2.05, 4.69) is 5.32 Å². The molecule has 1 saturated heterocycles. The molecule has 2 amide bonds. The van der Waals surface area contributed by atoms with Crippen LogP contribution < -0.4 is 5.32 Å². The third kappa shape index (κ3) is 3.62. The van der Waals surface area contributed by atoms with Gasteiger partial charge in [-0.25, -0.2) is 9.86 Å². The number of benzene rings is 1. The van der Waals surface area contributed by atoms with Gasteiger partial charge in [0.05, 0.1) is 13.0 Å². The predicted octanol–water partition coefficient (Wildman–Crippen LogP) is 0.351. The molecule has 1 aliphatic rings. The molecule has 1 heterocycles. The maximum atomic E-state index is 11.8. The van der Waals surface area contributed by atoms with Crippen molar-refractivity contribution in [2.75, 3.05) is 6.54 Å². The normalized spacial score (nSPS) is 17.8. The van der Waals surface area contributed by atoms with Crippen molar-refractivity contribution in [1.82, 2.24) is 10.4 Å². The van der Waals surface area contributed by atoms with Crippen molar-refractivity contribution in [3.63, 3.8) is 0 Å². The van der Waals surface area contributed by atoms with Crippen LogP contribution in [0.25, 0.3) is 0 Å². The zero-order valence-electron chi connectivity index (χ0n) is 12.4. The highest BCUT2D eigenvalue weighted by Gasteiger charge is 2.43. The smallest absolute Gasteiger partial charge is 0.338 e. The van der Waals surface area contributed by atoms with Gasteiger partial charge in [-0.3, -0.25) is 14.4 Å². The lowest BCUT2D eigenvalue weighted by molar-refractivity contribution is -0.256. The number of nitrogens with one attached hydrogen (secondary N) is 1. The number of rotatable bonds is 6. The molecular weight excluding hydrogens is 288 g/mol. The topological polar surface area (TPSA) is 95.9 Å². The Labute approximate surface area is 127 Å². The van der Waals surface area contributed by atoms with Crippen LogP contribution in [-0.2, 0) is 25.6 Å². The van der Waals surface area contributed by atoms with Gasteiger partial charge >= 0.3 is 5.97 Å². The summed E-state index contributed by atoms with van der Waals surface area (Å²) in [7, 11) is 0. The fourth-order valence-electron chi connectivity index (χ4n) is 1.93. The second-order valence-electron chi connectivity index (χ2n) is 5.59. The number of hydroxylamine groups is 2. The zero-order chi connectivity index (χ0) is 16.3. The molecule has 1 aromatic carbocycles. The van der Waals surface area contributed by atoms with E-state index in [-0.39, 0.29) is 18.9 Å². The lowest BCUT2D eigenvalue weighted by Gasteiger charge is -2.40.